The van der Waals surface area contributed by atoms with E-state index in [2.05, 4.69) is 0 Å². The zero-order chi connectivity index (χ0) is 10.1. The van der Waals surface area contributed by atoms with Crippen LogP contribution in [0.1, 0.15) is 0 Å². The van der Waals surface area contributed by atoms with Crippen molar-refractivity contribution < 1.29 is 4.74 Å². The van der Waals surface area contributed by atoms with Crippen molar-refractivity contribution >= 4 is 28.1 Å². The Morgan fingerprint density at radius 2 is 2.00 bits per heavy atom. The Hall–Kier alpha value is -1.41. The Kier molecular flexibility index (Phi) is 2.22. The first-order valence-electron chi connectivity index (χ1n) is 4.24. The minimum atomic E-state index is 0.572. The molecule has 0 saturated heterocycles. The normalized spacial score (nSPS) is 10.4. The second-order valence-electron chi connectivity index (χ2n) is 3.03. The molecule has 0 fully saturated rings. The molecule has 2 nitrogen and oxygen atoms in total. The predicted octanol–water partition coefficient (Wildman–Crippen LogP) is 3.08. The van der Waals surface area contributed by atoms with Crippen molar-refractivity contribution in [2.24, 2.45) is 0 Å². The second kappa shape index (κ2) is 3.39. The number of fused-ring (bicyclic) bond motifs is 1. The summed E-state index contributed by atoms with van der Waals surface area (Å²) in [5, 5.41) is 2.45. The van der Waals surface area contributed by atoms with Crippen LogP contribution in [0.15, 0.2) is 30.3 Å². The van der Waals surface area contributed by atoms with Gasteiger partial charge in [0, 0.05) is 11.1 Å². The van der Waals surface area contributed by atoms with Crippen LogP contribution in [-0.2, 0) is 0 Å². The molecule has 2 aromatic rings. The molecule has 0 radical (unpaired) electrons. The summed E-state index contributed by atoms with van der Waals surface area (Å²) in [5.74, 6) is 0.650. The third-order valence-corrected chi connectivity index (χ3v) is 2.57. The molecule has 0 unspecified atom stereocenters. The molecule has 2 rings (SSSR count). The van der Waals surface area contributed by atoms with Crippen LogP contribution in [0.2, 0.25) is 5.02 Å². The highest BCUT2D eigenvalue weighted by atomic mass is 35.5. The van der Waals surface area contributed by atoms with Gasteiger partial charge in [0.2, 0.25) is 0 Å². The molecule has 2 N–H and O–H groups in total. The van der Waals surface area contributed by atoms with E-state index in [0.29, 0.717) is 16.5 Å². The van der Waals surface area contributed by atoms with Crippen LogP contribution in [0, 0.1) is 0 Å². The van der Waals surface area contributed by atoms with Crippen LogP contribution in [0.25, 0.3) is 10.8 Å². The third-order valence-electron chi connectivity index (χ3n) is 2.20. The molecule has 0 aliphatic heterocycles. The van der Waals surface area contributed by atoms with Gasteiger partial charge in [-0.2, -0.15) is 0 Å². The van der Waals surface area contributed by atoms with Gasteiger partial charge >= 0.3 is 0 Å². The van der Waals surface area contributed by atoms with Crippen molar-refractivity contribution in [1.29, 1.82) is 0 Å². The summed E-state index contributed by atoms with van der Waals surface area (Å²) in [4.78, 5) is 0. The number of methoxy groups -OCH3 is 1. The van der Waals surface area contributed by atoms with Crippen molar-refractivity contribution in [3.05, 3.63) is 35.4 Å². The molecule has 0 saturated carbocycles. The summed E-state index contributed by atoms with van der Waals surface area (Å²) in [6.07, 6.45) is 0. The number of hydrogen-bond acceptors (Lipinski definition) is 2. The summed E-state index contributed by atoms with van der Waals surface area (Å²) in [6, 6.07) is 9.48. The molecule has 72 valence electrons. The van der Waals surface area contributed by atoms with Crippen molar-refractivity contribution in [2.75, 3.05) is 12.8 Å². The Morgan fingerprint density at radius 1 is 1.21 bits per heavy atom. The lowest BCUT2D eigenvalue weighted by atomic mass is 10.1. The van der Waals surface area contributed by atoms with E-state index >= 15 is 0 Å². The van der Waals surface area contributed by atoms with E-state index in [0.717, 1.165) is 10.8 Å². The van der Waals surface area contributed by atoms with Gasteiger partial charge in [-0.15, -0.1) is 0 Å². The molecule has 0 bridgehead atoms. The number of nitrogen functional groups attached to an aromatic ring is 1. The maximum absolute atomic E-state index is 6.14. The monoisotopic (exact) mass is 207 g/mol. The molecule has 0 aliphatic carbocycles. The van der Waals surface area contributed by atoms with Crippen molar-refractivity contribution in [3.63, 3.8) is 0 Å². The van der Waals surface area contributed by atoms with Crippen LogP contribution in [0.3, 0.4) is 0 Å². The van der Waals surface area contributed by atoms with Crippen molar-refractivity contribution in [3.8, 4) is 5.75 Å². The number of halogens is 1. The summed E-state index contributed by atoms with van der Waals surface area (Å²) >= 11 is 6.14. The van der Waals surface area contributed by atoms with E-state index in [1.54, 1.807) is 7.11 Å². The first-order valence-corrected chi connectivity index (χ1v) is 4.62. The standard InChI is InChI=1S/C11H10ClNO/c1-14-9-6-5-7-3-2-4-8(13)10(7)11(9)12/h2-6H,13H2,1H3. The summed E-state index contributed by atoms with van der Waals surface area (Å²) in [7, 11) is 1.59. The number of anilines is 1. The van der Waals surface area contributed by atoms with Gasteiger partial charge in [0.1, 0.15) is 5.75 Å². The van der Waals surface area contributed by atoms with Crippen LogP contribution >= 0.6 is 11.6 Å². The highest BCUT2D eigenvalue weighted by Gasteiger charge is 2.07. The molecule has 0 amide bonds. The highest BCUT2D eigenvalue weighted by molar-refractivity contribution is 6.38. The van der Waals surface area contributed by atoms with Gasteiger partial charge in [-0.3, -0.25) is 0 Å². The van der Waals surface area contributed by atoms with E-state index in [9.17, 15) is 0 Å². The molecule has 3 heteroatoms. The third kappa shape index (κ3) is 1.28. The Balaban J connectivity index is 2.86. The molecule has 0 spiro atoms. The maximum Gasteiger partial charge on any atom is 0.138 e. The van der Waals surface area contributed by atoms with Gasteiger partial charge < -0.3 is 10.5 Å². The lowest BCUT2D eigenvalue weighted by Crippen LogP contribution is -1.90. The fraction of sp³-hybridized carbons (Fsp3) is 0.0909. The van der Waals surface area contributed by atoms with Crippen LogP contribution in [-0.4, -0.2) is 7.11 Å². The average Bonchev–Trinajstić information content (AvgIpc) is 2.18. The number of benzene rings is 2. The quantitative estimate of drug-likeness (QED) is 0.730. The topological polar surface area (TPSA) is 35.2 Å². The van der Waals surface area contributed by atoms with Crippen LogP contribution < -0.4 is 10.5 Å². The van der Waals surface area contributed by atoms with Crippen LogP contribution in [0.4, 0.5) is 5.69 Å². The lowest BCUT2D eigenvalue weighted by Gasteiger charge is -2.08. The zero-order valence-electron chi connectivity index (χ0n) is 7.75. The number of hydrogen-bond donors (Lipinski definition) is 1. The predicted molar refractivity (Wildman–Crippen MR) is 59.9 cm³/mol. The Bertz CT molecular complexity index is 482. The van der Waals surface area contributed by atoms with E-state index in [1.165, 1.54) is 0 Å². The first kappa shape index (κ1) is 9.16. The van der Waals surface area contributed by atoms with E-state index in [-0.39, 0.29) is 0 Å². The number of rotatable bonds is 1. The highest BCUT2D eigenvalue weighted by Crippen LogP contribution is 2.35. The van der Waals surface area contributed by atoms with E-state index in [4.69, 9.17) is 22.1 Å². The molecule has 0 aromatic heterocycles. The van der Waals surface area contributed by atoms with Crippen molar-refractivity contribution in [2.45, 2.75) is 0 Å². The fourth-order valence-electron chi connectivity index (χ4n) is 1.50. The minimum absolute atomic E-state index is 0.572. The fourth-order valence-corrected chi connectivity index (χ4v) is 1.86. The molecule has 0 aliphatic rings. The second-order valence-corrected chi connectivity index (χ2v) is 3.41. The van der Waals surface area contributed by atoms with Gasteiger partial charge in [0.05, 0.1) is 12.1 Å². The Labute approximate surface area is 87.2 Å². The smallest absolute Gasteiger partial charge is 0.138 e. The molecule has 2 aromatic carbocycles. The molecular weight excluding hydrogens is 198 g/mol. The number of ether oxygens (including phenoxy) is 1. The number of nitrogens with two attached hydrogens (primary N) is 1. The molecule has 0 heterocycles. The maximum atomic E-state index is 6.14. The van der Waals surface area contributed by atoms with Crippen LogP contribution in [0.5, 0.6) is 5.75 Å². The first-order chi connectivity index (χ1) is 6.74. The zero-order valence-corrected chi connectivity index (χ0v) is 8.51. The lowest BCUT2D eigenvalue weighted by molar-refractivity contribution is 0.415. The van der Waals surface area contributed by atoms with Gasteiger partial charge in [0.15, 0.2) is 0 Å². The minimum Gasteiger partial charge on any atom is -0.495 e. The van der Waals surface area contributed by atoms with Gasteiger partial charge in [0.25, 0.3) is 0 Å². The summed E-state index contributed by atoms with van der Waals surface area (Å²) in [5.41, 5.74) is 6.51. The largest absolute Gasteiger partial charge is 0.495 e. The summed E-state index contributed by atoms with van der Waals surface area (Å²) in [6.45, 7) is 0. The molecule has 14 heavy (non-hydrogen) atoms. The molecular formula is C11H10ClNO. The van der Waals surface area contributed by atoms with E-state index in [1.807, 2.05) is 30.3 Å². The van der Waals surface area contributed by atoms with Gasteiger partial charge in [-0.05, 0) is 17.5 Å². The van der Waals surface area contributed by atoms with E-state index < -0.39 is 0 Å². The Morgan fingerprint density at radius 3 is 2.71 bits per heavy atom. The van der Waals surface area contributed by atoms with Gasteiger partial charge in [-0.1, -0.05) is 29.8 Å². The molecule has 0 atom stereocenters. The van der Waals surface area contributed by atoms with Gasteiger partial charge in [-0.25, -0.2) is 0 Å². The van der Waals surface area contributed by atoms with Crippen molar-refractivity contribution in [1.82, 2.24) is 0 Å². The summed E-state index contributed by atoms with van der Waals surface area (Å²) < 4.78 is 5.12. The SMILES string of the molecule is COc1ccc2cccc(N)c2c1Cl. The average molecular weight is 208 g/mol.